The number of nitrogens with two attached hydrogens (primary N) is 1. The van der Waals surface area contributed by atoms with E-state index in [1.165, 1.54) is 6.26 Å². The number of nitrogen functional groups attached to an aromatic ring is 1. The van der Waals surface area contributed by atoms with Crippen LogP contribution in [0.2, 0.25) is 0 Å². The smallest absolute Gasteiger partial charge is 0.257 e. The molecule has 0 atom stereocenters. The van der Waals surface area contributed by atoms with Crippen LogP contribution < -0.4 is 16.7 Å². The van der Waals surface area contributed by atoms with Gasteiger partial charge >= 0.3 is 0 Å². The first-order valence-corrected chi connectivity index (χ1v) is 9.06. The summed E-state index contributed by atoms with van der Waals surface area (Å²) in [6, 6.07) is 5.75. The fourth-order valence-corrected chi connectivity index (χ4v) is 3.53. The van der Waals surface area contributed by atoms with E-state index < -0.39 is 0 Å². The molecule has 0 spiro atoms. The zero-order chi connectivity index (χ0) is 19.1. The second-order valence-electron chi connectivity index (χ2n) is 7.34. The molecule has 27 heavy (non-hydrogen) atoms. The van der Waals surface area contributed by atoms with E-state index in [1.54, 1.807) is 0 Å². The summed E-state index contributed by atoms with van der Waals surface area (Å²) in [5.41, 5.74) is 9.02. The Kier molecular flexibility index (Phi) is 4.31. The summed E-state index contributed by atoms with van der Waals surface area (Å²) in [5, 5.41) is 0.600. The molecule has 1 aromatic carbocycles. The van der Waals surface area contributed by atoms with Crippen LogP contribution in [-0.2, 0) is 19.5 Å². The number of hydrogen-bond donors (Lipinski definition) is 2. The van der Waals surface area contributed by atoms with Crippen molar-refractivity contribution in [3.8, 4) is 0 Å². The van der Waals surface area contributed by atoms with Gasteiger partial charge in [-0.2, -0.15) is 0 Å². The maximum atomic E-state index is 13.0. The second kappa shape index (κ2) is 6.66. The van der Waals surface area contributed by atoms with E-state index in [2.05, 4.69) is 28.7 Å². The van der Waals surface area contributed by atoms with Crippen molar-refractivity contribution < 1.29 is 4.42 Å². The monoisotopic (exact) mass is 366 g/mol. The maximum Gasteiger partial charge on any atom is 0.257 e. The molecule has 140 valence electrons. The van der Waals surface area contributed by atoms with Crippen molar-refractivity contribution in [2.45, 2.75) is 39.3 Å². The number of nitrogens with one attached hydrogen (secondary N) is 1. The second-order valence-corrected chi connectivity index (χ2v) is 7.34. The molecule has 3 heterocycles. The predicted molar refractivity (Wildman–Crippen MR) is 104 cm³/mol. The number of aromatic amines is 1. The molecular weight excluding hydrogens is 344 g/mol. The first kappa shape index (κ1) is 17.5. The van der Waals surface area contributed by atoms with E-state index in [1.807, 2.05) is 18.2 Å². The van der Waals surface area contributed by atoms with Crippen molar-refractivity contribution in [3.63, 3.8) is 0 Å². The van der Waals surface area contributed by atoms with Crippen LogP contribution in [0, 0.1) is 0 Å². The third-order valence-corrected chi connectivity index (χ3v) is 5.09. The number of fused-ring (bicyclic) bond motifs is 2. The molecule has 7 nitrogen and oxygen atoms in total. The van der Waals surface area contributed by atoms with E-state index >= 15 is 0 Å². The lowest BCUT2D eigenvalue weighted by Gasteiger charge is -2.27. The largest absolute Gasteiger partial charge is 0.464 e. The van der Waals surface area contributed by atoms with Gasteiger partial charge in [0.1, 0.15) is 5.58 Å². The van der Waals surface area contributed by atoms with Gasteiger partial charge in [-0.05, 0) is 23.6 Å². The molecule has 4 rings (SSSR count). The molecule has 0 saturated heterocycles. The highest BCUT2D eigenvalue weighted by molar-refractivity contribution is 5.77. The molecule has 3 aromatic rings. The summed E-state index contributed by atoms with van der Waals surface area (Å²) in [6.07, 6.45) is 2.15. The van der Waals surface area contributed by atoms with Crippen LogP contribution in [0.25, 0.3) is 11.0 Å². The van der Waals surface area contributed by atoms with Gasteiger partial charge in [-0.3, -0.25) is 19.5 Å². The number of hydrogen-bond acceptors (Lipinski definition) is 6. The Balaban J connectivity index is 1.65. The van der Waals surface area contributed by atoms with E-state index in [0.717, 1.165) is 11.3 Å². The van der Waals surface area contributed by atoms with Crippen LogP contribution in [0.4, 0.5) is 5.95 Å². The Bertz CT molecular complexity index is 1130. The van der Waals surface area contributed by atoms with Crippen LogP contribution in [0.3, 0.4) is 0 Å². The van der Waals surface area contributed by atoms with Gasteiger partial charge in [0.2, 0.25) is 5.95 Å². The van der Waals surface area contributed by atoms with Crippen molar-refractivity contribution in [3.05, 3.63) is 67.4 Å². The molecule has 2 aromatic heterocycles. The minimum absolute atomic E-state index is 0.0195. The number of rotatable bonds is 3. The lowest BCUT2D eigenvalue weighted by molar-refractivity contribution is 0.239. The van der Waals surface area contributed by atoms with Gasteiger partial charge in [-0.1, -0.05) is 19.9 Å². The molecule has 0 bridgehead atoms. The molecule has 0 saturated carbocycles. The van der Waals surface area contributed by atoms with E-state index in [-0.39, 0.29) is 16.9 Å². The van der Waals surface area contributed by atoms with Gasteiger partial charge < -0.3 is 10.2 Å². The maximum absolute atomic E-state index is 13.0. The van der Waals surface area contributed by atoms with Gasteiger partial charge in [0.15, 0.2) is 5.43 Å². The highest BCUT2D eigenvalue weighted by atomic mass is 16.3. The first-order valence-electron chi connectivity index (χ1n) is 9.06. The van der Waals surface area contributed by atoms with Gasteiger partial charge in [-0.15, -0.1) is 0 Å². The first-order chi connectivity index (χ1) is 12.9. The molecule has 7 heteroatoms. The highest BCUT2D eigenvalue weighted by Crippen LogP contribution is 2.21. The minimum atomic E-state index is -0.214. The van der Waals surface area contributed by atoms with E-state index in [9.17, 15) is 9.59 Å². The van der Waals surface area contributed by atoms with E-state index in [0.29, 0.717) is 54.1 Å². The molecule has 0 aliphatic carbocycles. The topological polar surface area (TPSA) is 105 Å². The van der Waals surface area contributed by atoms with Crippen LogP contribution in [0.5, 0.6) is 0 Å². The fourth-order valence-electron chi connectivity index (χ4n) is 3.53. The number of benzene rings is 1. The number of anilines is 1. The van der Waals surface area contributed by atoms with E-state index in [4.69, 9.17) is 10.2 Å². The zero-order valence-corrected chi connectivity index (χ0v) is 15.4. The van der Waals surface area contributed by atoms with Crippen LogP contribution in [-0.4, -0.2) is 21.4 Å². The zero-order valence-electron chi connectivity index (χ0n) is 15.4. The normalized spacial score (nSPS) is 14.6. The molecule has 1 aliphatic heterocycles. The summed E-state index contributed by atoms with van der Waals surface area (Å²) in [5.74, 6) is 0.478. The summed E-state index contributed by atoms with van der Waals surface area (Å²) in [6.45, 7) is 5.74. The third-order valence-electron chi connectivity index (χ3n) is 5.09. The molecular formula is C20H22N4O3. The fraction of sp³-hybridized carbons (Fsp3) is 0.350. The van der Waals surface area contributed by atoms with Gasteiger partial charge in [0.25, 0.3) is 5.56 Å². The number of aromatic nitrogens is 2. The van der Waals surface area contributed by atoms with Crippen molar-refractivity contribution in [2.75, 3.05) is 12.3 Å². The Labute approximate surface area is 155 Å². The standard InChI is InChI=1S/C20H22N4O3/c1-11(2)12-3-4-17-14(7-12)18(25)13(10-27-17)8-24-6-5-16-15(9-24)19(26)23-20(21)22-16/h3-4,7,10-11H,5-6,8-9H2,1-2H3,(H3,21,22,23,26). The lowest BCUT2D eigenvalue weighted by atomic mass is 10.0. The third kappa shape index (κ3) is 3.26. The highest BCUT2D eigenvalue weighted by Gasteiger charge is 2.22. The minimum Gasteiger partial charge on any atom is -0.464 e. The number of H-pyrrole nitrogens is 1. The van der Waals surface area contributed by atoms with Crippen molar-refractivity contribution in [2.24, 2.45) is 0 Å². The summed E-state index contributed by atoms with van der Waals surface area (Å²) in [4.78, 5) is 33.9. The molecule has 0 radical (unpaired) electrons. The summed E-state index contributed by atoms with van der Waals surface area (Å²) < 4.78 is 5.69. The van der Waals surface area contributed by atoms with Crippen LogP contribution in [0.1, 0.15) is 42.1 Å². The SMILES string of the molecule is CC(C)c1ccc2occ(CN3CCc4nc(N)[nH]c(=O)c4C3)c(=O)c2c1. The molecule has 3 N–H and O–H groups in total. The van der Waals surface area contributed by atoms with Crippen molar-refractivity contribution >= 4 is 16.9 Å². The Morgan fingerprint density at radius 1 is 1.33 bits per heavy atom. The quantitative estimate of drug-likeness (QED) is 0.736. The van der Waals surface area contributed by atoms with Crippen molar-refractivity contribution in [1.29, 1.82) is 0 Å². The molecule has 0 unspecified atom stereocenters. The average Bonchev–Trinajstić information content (AvgIpc) is 2.64. The Morgan fingerprint density at radius 2 is 2.15 bits per heavy atom. The number of nitrogens with zero attached hydrogens (tertiary/aromatic N) is 2. The summed E-state index contributed by atoms with van der Waals surface area (Å²) >= 11 is 0. The molecule has 0 fully saturated rings. The van der Waals surface area contributed by atoms with Crippen LogP contribution in [0.15, 0.2) is 38.5 Å². The van der Waals surface area contributed by atoms with Gasteiger partial charge in [0.05, 0.1) is 22.9 Å². The van der Waals surface area contributed by atoms with Gasteiger partial charge in [0, 0.05) is 31.6 Å². The van der Waals surface area contributed by atoms with Gasteiger partial charge in [-0.25, -0.2) is 4.98 Å². The van der Waals surface area contributed by atoms with Crippen molar-refractivity contribution in [1.82, 2.24) is 14.9 Å². The average molecular weight is 366 g/mol. The lowest BCUT2D eigenvalue weighted by Crippen LogP contribution is -2.36. The Hall–Kier alpha value is -2.93. The Morgan fingerprint density at radius 3 is 2.93 bits per heavy atom. The molecule has 0 amide bonds. The predicted octanol–water partition coefficient (Wildman–Crippen LogP) is 2.14. The van der Waals surface area contributed by atoms with Crippen LogP contribution >= 0.6 is 0 Å². The summed E-state index contributed by atoms with van der Waals surface area (Å²) in [7, 11) is 0. The molecule has 1 aliphatic rings.